The van der Waals surface area contributed by atoms with Crippen LogP contribution in [0.1, 0.15) is 61.4 Å². The van der Waals surface area contributed by atoms with Crippen LogP contribution < -0.4 is 5.56 Å². The number of pyridine rings is 1. The zero-order chi connectivity index (χ0) is 24.2. The fourth-order valence-electron chi connectivity index (χ4n) is 4.92. The average molecular weight is 477 g/mol. The Bertz CT molecular complexity index is 1310. The third kappa shape index (κ3) is 5.36. The minimum atomic E-state index is -0.0678. The van der Waals surface area contributed by atoms with Crippen molar-refractivity contribution in [1.29, 1.82) is 0 Å². The Kier molecular flexibility index (Phi) is 7.06. The van der Waals surface area contributed by atoms with E-state index in [2.05, 4.69) is 45.3 Å². The lowest BCUT2D eigenvalue weighted by Crippen LogP contribution is -2.38. The van der Waals surface area contributed by atoms with E-state index in [4.69, 9.17) is 9.15 Å². The van der Waals surface area contributed by atoms with Crippen LogP contribution in [-0.4, -0.2) is 49.3 Å². The van der Waals surface area contributed by atoms with Crippen molar-refractivity contribution >= 4 is 10.9 Å². The Balaban J connectivity index is 1.50. The maximum absolute atomic E-state index is 13.1. The number of tetrazole rings is 1. The minimum Gasteiger partial charge on any atom is -0.467 e. The number of nitrogens with zero attached hydrogens (tertiary/aromatic N) is 5. The number of aryl methyl sites for hydroxylation is 1. The Morgan fingerprint density at radius 3 is 2.97 bits per heavy atom. The molecular formula is C26H32N6O3. The van der Waals surface area contributed by atoms with Gasteiger partial charge in [-0.05, 0) is 72.3 Å². The lowest BCUT2D eigenvalue weighted by molar-refractivity contribution is 0.0476. The van der Waals surface area contributed by atoms with E-state index in [9.17, 15) is 4.79 Å². The summed E-state index contributed by atoms with van der Waals surface area (Å²) in [4.78, 5) is 18.4. The van der Waals surface area contributed by atoms with E-state index >= 15 is 0 Å². The lowest BCUT2D eigenvalue weighted by atomic mass is 10.0. The van der Waals surface area contributed by atoms with Crippen molar-refractivity contribution in [3.05, 3.63) is 75.7 Å². The smallest absolute Gasteiger partial charge is 0.252 e. The van der Waals surface area contributed by atoms with Crippen LogP contribution in [0.2, 0.25) is 0 Å². The highest BCUT2D eigenvalue weighted by atomic mass is 16.5. The van der Waals surface area contributed by atoms with Crippen LogP contribution in [0.25, 0.3) is 10.9 Å². The van der Waals surface area contributed by atoms with Gasteiger partial charge < -0.3 is 14.1 Å². The third-order valence-corrected chi connectivity index (χ3v) is 6.66. The number of benzene rings is 1. The Hall–Kier alpha value is -3.30. The monoisotopic (exact) mass is 476 g/mol. The molecule has 0 radical (unpaired) electrons. The molecule has 0 aliphatic carbocycles. The quantitative estimate of drug-likeness (QED) is 0.369. The summed E-state index contributed by atoms with van der Waals surface area (Å²) in [5.41, 5.74) is 2.67. The number of fused-ring (bicyclic) bond motifs is 1. The van der Waals surface area contributed by atoms with Gasteiger partial charge in [0.15, 0.2) is 5.82 Å². The van der Waals surface area contributed by atoms with E-state index in [0.717, 1.165) is 65.9 Å². The van der Waals surface area contributed by atoms with Gasteiger partial charge in [0, 0.05) is 30.8 Å². The van der Waals surface area contributed by atoms with Gasteiger partial charge in [0.2, 0.25) is 0 Å². The predicted octanol–water partition coefficient (Wildman–Crippen LogP) is 3.99. The minimum absolute atomic E-state index is 0.0656. The molecule has 9 nitrogen and oxygen atoms in total. The summed E-state index contributed by atoms with van der Waals surface area (Å²) >= 11 is 0. The number of aromatic nitrogens is 5. The molecule has 2 atom stereocenters. The molecule has 9 heteroatoms. The molecule has 1 N–H and O–H groups in total. The number of hydrogen-bond donors (Lipinski definition) is 1. The largest absolute Gasteiger partial charge is 0.467 e. The Labute approximate surface area is 204 Å². The Morgan fingerprint density at radius 1 is 1.29 bits per heavy atom. The molecule has 4 heterocycles. The second-order valence-corrected chi connectivity index (χ2v) is 9.36. The molecule has 0 saturated carbocycles. The molecule has 3 aromatic heterocycles. The first-order valence-electron chi connectivity index (χ1n) is 12.4. The van der Waals surface area contributed by atoms with E-state index in [-0.39, 0.29) is 17.7 Å². The number of ether oxygens (including phenoxy) is 1. The molecule has 1 fully saturated rings. The lowest BCUT2D eigenvalue weighted by Gasteiger charge is -2.32. The van der Waals surface area contributed by atoms with Gasteiger partial charge in [0.1, 0.15) is 12.3 Å². The fourth-order valence-corrected chi connectivity index (χ4v) is 4.92. The van der Waals surface area contributed by atoms with Gasteiger partial charge >= 0.3 is 0 Å². The van der Waals surface area contributed by atoms with Gasteiger partial charge in [-0.2, -0.15) is 0 Å². The highest BCUT2D eigenvalue weighted by Gasteiger charge is 2.30. The molecule has 4 aromatic rings. The van der Waals surface area contributed by atoms with Crippen molar-refractivity contribution in [3.8, 4) is 0 Å². The molecule has 184 valence electrons. The van der Waals surface area contributed by atoms with Crippen LogP contribution in [0.15, 0.2) is 51.9 Å². The highest BCUT2D eigenvalue weighted by molar-refractivity contribution is 5.79. The maximum Gasteiger partial charge on any atom is 0.252 e. The topological polar surface area (TPSA) is 102 Å². The summed E-state index contributed by atoms with van der Waals surface area (Å²) in [6, 6.07) is 11.8. The summed E-state index contributed by atoms with van der Waals surface area (Å²) in [5, 5.41) is 13.7. The van der Waals surface area contributed by atoms with E-state index < -0.39 is 0 Å². The van der Waals surface area contributed by atoms with Crippen molar-refractivity contribution in [2.45, 2.75) is 64.8 Å². The predicted molar refractivity (Wildman–Crippen MR) is 132 cm³/mol. The zero-order valence-corrected chi connectivity index (χ0v) is 20.3. The van der Waals surface area contributed by atoms with Gasteiger partial charge in [-0.15, -0.1) is 5.10 Å². The maximum atomic E-state index is 13.1. The summed E-state index contributed by atoms with van der Waals surface area (Å²) in [6.45, 7) is 6.65. The number of aromatic amines is 1. The van der Waals surface area contributed by atoms with Crippen LogP contribution in [-0.2, 0) is 17.8 Å². The van der Waals surface area contributed by atoms with Crippen LogP contribution in [0.3, 0.4) is 0 Å². The van der Waals surface area contributed by atoms with Crippen molar-refractivity contribution in [3.63, 3.8) is 0 Å². The van der Waals surface area contributed by atoms with E-state index in [1.54, 1.807) is 10.9 Å². The molecule has 5 rings (SSSR count). The molecule has 0 bridgehead atoms. The SMILES string of the molecule is CCC[C@H](c1nnnn1Cc1ccco1)N(Cc1cc2cc(C)ccc2[nH]c1=O)C[C@H]1CCCO1. The molecule has 35 heavy (non-hydrogen) atoms. The standard InChI is InChI=1S/C26H32N6O3/c1-3-6-24(25-28-29-30-32(25)17-22-8-5-12-35-22)31(16-21-7-4-11-34-21)15-20-14-19-13-18(2)9-10-23(19)27-26(20)33/h5,8-10,12-14,21,24H,3-4,6-7,11,15-17H2,1-2H3,(H,27,33)/t21-,24-/m1/s1. The second kappa shape index (κ2) is 10.5. The number of rotatable bonds is 10. The van der Waals surface area contributed by atoms with Crippen LogP contribution >= 0.6 is 0 Å². The first kappa shape index (κ1) is 23.4. The normalized spacial score (nSPS) is 16.9. The van der Waals surface area contributed by atoms with Crippen LogP contribution in [0.4, 0.5) is 0 Å². The van der Waals surface area contributed by atoms with Crippen LogP contribution in [0.5, 0.6) is 0 Å². The summed E-state index contributed by atoms with van der Waals surface area (Å²) < 4.78 is 13.3. The molecular weight excluding hydrogens is 444 g/mol. The van der Waals surface area contributed by atoms with Gasteiger partial charge in [-0.3, -0.25) is 9.69 Å². The zero-order valence-electron chi connectivity index (χ0n) is 20.3. The average Bonchev–Trinajstić information content (AvgIpc) is 3.62. The molecule has 0 amide bonds. The molecule has 1 aliphatic rings. The molecule has 0 spiro atoms. The number of nitrogens with one attached hydrogen (secondary N) is 1. The molecule has 1 saturated heterocycles. The summed E-state index contributed by atoms with van der Waals surface area (Å²) in [5.74, 6) is 1.56. The molecule has 0 unspecified atom stereocenters. The van der Waals surface area contributed by atoms with Crippen molar-refractivity contribution in [2.24, 2.45) is 0 Å². The number of furan rings is 1. The highest BCUT2D eigenvalue weighted by Crippen LogP contribution is 2.28. The third-order valence-electron chi connectivity index (χ3n) is 6.66. The van der Waals surface area contributed by atoms with Gasteiger partial charge in [0.05, 0.1) is 18.4 Å². The first-order valence-corrected chi connectivity index (χ1v) is 12.4. The van der Waals surface area contributed by atoms with Crippen molar-refractivity contribution in [1.82, 2.24) is 30.1 Å². The number of hydrogen-bond acceptors (Lipinski definition) is 7. The van der Waals surface area contributed by atoms with Crippen molar-refractivity contribution < 1.29 is 9.15 Å². The van der Waals surface area contributed by atoms with E-state index in [1.165, 1.54) is 0 Å². The van der Waals surface area contributed by atoms with E-state index in [1.807, 2.05) is 30.3 Å². The fraction of sp³-hybridized carbons (Fsp3) is 0.462. The van der Waals surface area contributed by atoms with Crippen LogP contribution in [0, 0.1) is 6.92 Å². The first-order chi connectivity index (χ1) is 17.1. The second-order valence-electron chi connectivity index (χ2n) is 9.36. The summed E-state index contributed by atoms with van der Waals surface area (Å²) in [7, 11) is 0. The number of H-pyrrole nitrogens is 1. The van der Waals surface area contributed by atoms with Gasteiger partial charge in [0.25, 0.3) is 5.56 Å². The van der Waals surface area contributed by atoms with Gasteiger partial charge in [-0.1, -0.05) is 25.0 Å². The molecule has 1 aliphatic heterocycles. The molecule has 1 aromatic carbocycles. The summed E-state index contributed by atoms with van der Waals surface area (Å²) in [6.07, 6.45) is 5.66. The Morgan fingerprint density at radius 2 is 2.20 bits per heavy atom. The van der Waals surface area contributed by atoms with Crippen molar-refractivity contribution in [2.75, 3.05) is 13.2 Å². The van der Waals surface area contributed by atoms with E-state index in [0.29, 0.717) is 19.6 Å². The van der Waals surface area contributed by atoms with Gasteiger partial charge in [-0.25, -0.2) is 4.68 Å².